The molecule has 0 saturated carbocycles. The molecule has 1 N–H and O–H groups in total. The second kappa shape index (κ2) is 5.38. The van der Waals surface area contributed by atoms with Gasteiger partial charge in [-0.25, -0.2) is 0 Å². The molecule has 2 aromatic carbocycles. The van der Waals surface area contributed by atoms with E-state index in [9.17, 15) is 5.02 Å². The van der Waals surface area contributed by atoms with Crippen molar-refractivity contribution >= 4 is 28.3 Å². The lowest BCUT2D eigenvalue weighted by Crippen LogP contribution is -2.25. The van der Waals surface area contributed by atoms with Crippen LogP contribution in [0.4, 0.5) is 0 Å². The molecule has 0 aromatic heterocycles. The Kier molecular flexibility index (Phi) is 3.87. The topological polar surface area (TPSA) is 29.5 Å². The van der Waals surface area contributed by atoms with Crippen molar-refractivity contribution in [2.24, 2.45) is 0 Å². The summed E-state index contributed by atoms with van der Waals surface area (Å²) in [6.45, 7) is 1.22. The van der Waals surface area contributed by atoms with E-state index in [1.165, 1.54) is 0 Å². The fourth-order valence-corrected chi connectivity index (χ4v) is 2.00. The molecule has 2 aromatic rings. The van der Waals surface area contributed by atoms with E-state index in [1.807, 2.05) is 48.5 Å². The summed E-state index contributed by atoms with van der Waals surface area (Å²) in [5.74, 6) is 1.49. The second-order valence-electron chi connectivity index (χ2n) is 3.81. The van der Waals surface area contributed by atoms with Crippen molar-refractivity contribution in [2.45, 2.75) is 6.82 Å². The molecule has 0 atom stereocenters. The Balaban J connectivity index is 2.27. The minimum atomic E-state index is -0.509. The molecule has 4 heteroatoms. The first kappa shape index (κ1) is 12.2. The molecule has 0 aliphatic heterocycles. The maximum Gasteiger partial charge on any atom is 0.320 e. The van der Waals surface area contributed by atoms with Gasteiger partial charge in [-0.2, -0.15) is 0 Å². The molecule has 0 spiro atoms. The van der Waals surface area contributed by atoms with Gasteiger partial charge in [0.1, 0.15) is 11.5 Å². The first-order valence-electron chi connectivity index (χ1n) is 5.36. The van der Waals surface area contributed by atoms with Gasteiger partial charge in [0.05, 0.1) is 0 Å². The van der Waals surface area contributed by atoms with E-state index >= 15 is 0 Å². The number of para-hydroxylation sites is 1. The molecule has 86 valence electrons. The van der Waals surface area contributed by atoms with Crippen LogP contribution in [0.25, 0.3) is 0 Å². The van der Waals surface area contributed by atoms with Crippen LogP contribution < -0.4 is 10.2 Å². The van der Waals surface area contributed by atoms with Crippen molar-refractivity contribution < 1.29 is 9.76 Å². The van der Waals surface area contributed by atoms with E-state index in [4.69, 9.17) is 4.74 Å². The lowest BCUT2D eigenvalue weighted by molar-refractivity contribution is 0.482. The molecule has 2 rings (SSSR count). The summed E-state index contributed by atoms with van der Waals surface area (Å²) in [6.07, 6.45) is 0. The summed E-state index contributed by atoms with van der Waals surface area (Å²) >= 11 is 3.40. The van der Waals surface area contributed by atoms with Crippen LogP contribution in [0.5, 0.6) is 11.5 Å². The zero-order valence-corrected chi connectivity index (χ0v) is 11.0. The van der Waals surface area contributed by atoms with Crippen LogP contribution in [0.15, 0.2) is 53.0 Å². The van der Waals surface area contributed by atoms with Crippen LogP contribution in [0.2, 0.25) is 6.82 Å². The van der Waals surface area contributed by atoms with Crippen LogP contribution in [-0.4, -0.2) is 11.9 Å². The molecule has 0 aliphatic carbocycles. The highest BCUT2D eigenvalue weighted by Crippen LogP contribution is 2.23. The van der Waals surface area contributed by atoms with Crippen LogP contribution in [0.1, 0.15) is 0 Å². The fraction of sp³-hybridized carbons (Fsp3) is 0.0769. The number of hydrogen-bond donors (Lipinski definition) is 1. The number of halogens is 1. The van der Waals surface area contributed by atoms with Crippen LogP contribution in [-0.2, 0) is 0 Å². The SMILES string of the molecule is CB(O)c1cc(Br)cc(Oc2ccccc2)c1. The third kappa shape index (κ3) is 3.35. The first-order chi connectivity index (χ1) is 8.15. The van der Waals surface area contributed by atoms with Gasteiger partial charge in [-0.1, -0.05) is 47.0 Å². The molecular weight excluding hydrogens is 279 g/mol. The maximum atomic E-state index is 9.56. The molecule has 2 nitrogen and oxygen atoms in total. The Morgan fingerprint density at radius 3 is 2.41 bits per heavy atom. The van der Waals surface area contributed by atoms with Crippen molar-refractivity contribution in [3.05, 3.63) is 53.0 Å². The summed E-state index contributed by atoms with van der Waals surface area (Å²) in [5.41, 5.74) is 0.824. The minimum Gasteiger partial charge on any atom is -0.457 e. The molecule has 0 heterocycles. The van der Waals surface area contributed by atoms with Crippen molar-refractivity contribution in [3.8, 4) is 11.5 Å². The van der Waals surface area contributed by atoms with Gasteiger partial charge in [-0.15, -0.1) is 0 Å². The van der Waals surface area contributed by atoms with Gasteiger partial charge in [0.15, 0.2) is 0 Å². The van der Waals surface area contributed by atoms with Crippen molar-refractivity contribution in [2.75, 3.05) is 0 Å². The van der Waals surface area contributed by atoms with Gasteiger partial charge < -0.3 is 9.76 Å². The lowest BCUT2D eigenvalue weighted by Gasteiger charge is -2.09. The molecule has 0 bridgehead atoms. The largest absolute Gasteiger partial charge is 0.457 e. The molecule has 0 aliphatic rings. The summed E-state index contributed by atoms with van der Waals surface area (Å²) in [5, 5.41) is 9.56. The van der Waals surface area contributed by atoms with E-state index in [1.54, 1.807) is 6.82 Å². The van der Waals surface area contributed by atoms with Crippen LogP contribution >= 0.6 is 15.9 Å². The van der Waals surface area contributed by atoms with Gasteiger partial charge in [0.2, 0.25) is 0 Å². The summed E-state index contributed by atoms with van der Waals surface area (Å²) in [4.78, 5) is 0. The van der Waals surface area contributed by atoms with E-state index in [2.05, 4.69) is 15.9 Å². The van der Waals surface area contributed by atoms with E-state index in [-0.39, 0.29) is 0 Å². The van der Waals surface area contributed by atoms with Gasteiger partial charge in [-0.3, -0.25) is 0 Å². The van der Waals surface area contributed by atoms with Gasteiger partial charge in [0, 0.05) is 4.47 Å². The minimum absolute atomic E-state index is 0.509. The quantitative estimate of drug-likeness (QED) is 0.881. The molecule has 0 unspecified atom stereocenters. The van der Waals surface area contributed by atoms with Crippen LogP contribution in [0.3, 0.4) is 0 Å². The zero-order valence-electron chi connectivity index (χ0n) is 9.43. The van der Waals surface area contributed by atoms with Gasteiger partial charge in [0.25, 0.3) is 0 Å². The highest BCUT2D eigenvalue weighted by atomic mass is 79.9. The zero-order chi connectivity index (χ0) is 12.3. The summed E-state index contributed by atoms with van der Waals surface area (Å²) in [6, 6.07) is 15.1. The Hall–Kier alpha value is -1.26. The standard InChI is InChI=1S/C13H12BBrO2/c1-14(16)10-7-11(15)9-13(8-10)17-12-5-3-2-4-6-12/h2-9,16H,1H3. The number of ether oxygens (including phenoxy) is 1. The monoisotopic (exact) mass is 290 g/mol. The molecular formula is C13H12BBrO2. The first-order valence-corrected chi connectivity index (χ1v) is 6.16. The lowest BCUT2D eigenvalue weighted by atomic mass is 9.64. The third-order valence-corrected chi connectivity index (χ3v) is 2.81. The summed E-state index contributed by atoms with van der Waals surface area (Å²) < 4.78 is 6.60. The van der Waals surface area contributed by atoms with Crippen LogP contribution in [0, 0.1) is 0 Å². The number of rotatable bonds is 3. The predicted molar refractivity (Wildman–Crippen MR) is 74.1 cm³/mol. The van der Waals surface area contributed by atoms with E-state index in [0.29, 0.717) is 5.75 Å². The van der Waals surface area contributed by atoms with E-state index in [0.717, 1.165) is 15.7 Å². The maximum absolute atomic E-state index is 9.56. The summed E-state index contributed by atoms with van der Waals surface area (Å²) in [7, 11) is 0. The molecule has 0 radical (unpaired) electrons. The van der Waals surface area contributed by atoms with Gasteiger partial charge >= 0.3 is 6.92 Å². The highest BCUT2D eigenvalue weighted by molar-refractivity contribution is 9.10. The smallest absolute Gasteiger partial charge is 0.320 e. The molecule has 0 saturated heterocycles. The van der Waals surface area contributed by atoms with E-state index < -0.39 is 6.92 Å². The molecule has 0 fully saturated rings. The second-order valence-corrected chi connectivity index (χ2v) is 4.73. The average Bonchev–Trinajstić information content (AvgIpc) is 2.29. The third-order valence-electron chi connectivity index (χ3n) is 2.35. The average molecular weight is 291 g/mol. The highest BCUT2D eigenvalue weighted by Gasteiger charge is 2.09. The Morgan fingerprint density at radius 2 is 1.76 bits per heavy atom. The Morgan fingerprint density at radius 1 is 1.06 bits per heavy atom. The predicted octanol–water partition coefficient (Wildman–Crippen LogP) is 3.06. The Bertz CT molecular complexity index is 500. The molecule has 0 amide bonds. The van der Waals surface area contributed by atoms with Crippen molar-refractivity contribution in [3.63, 3.8) is 0 Å². The Labute approximate surface area is 109 Å². The fourth-order valence-electron chi connectivity index (χ4n) is 1.51. The van der Waals surface area contributed by atoms with Crippen molar-refractivity contribution in [1.29, 1.82) is 0 Å². The normalized spacial score (nSPS) is 10.1. The van der Waals surface area contributed by atoms with Gasteiger partial charge in [-0.05, 0) is 29.7 Å². The number of benzene rings is 2. The number of hydrogen-bond acceptors (Lipinski definition) is 2. The van der Waals surface area contributed by atoms with Crippen molar-refractivity contribution in [1.82, 2.24) is 0 Å². The molecule has 17 heavy (non-hydrogen) atoms.